The van der Waals surface area contributed by atoms with Gasteiger partial charge in [0.05, 0.1) is 0 Å². The van der Waals surface area contributed by atoms with Crippen LogP contribution in [-0.2, 0) is 6.42 Å². The molecule has 3 heteroatoms. The number of fused-ring (bicyclic) bond motifs is 1. The monoisotopic (exact) mass is 282 g/mol. The van der Waals surface area contributed by atoms with Crippen LogP contribution in [0.3, 0.4) is 0 Å². The van der Waals surface area contributed by atoms with E-state index in [0.717, 1.165) is 19.5 Å². The maximum atomic E-state index is 5.49. The van der Waals surface area contributed by atoms with Gasteiger partial charge in [-0.05, 0) is 56.0 Å². The van der Waals surface area contributed by atoms with E-state index in [4.69, 9.17) is 5.73 Å². The predicted molar refractivity (Wildman–Crippen MR) is 71.5 cm³/mol. The molecule has 0 aromatic heterocycles. The molecule has 1 unspecified atom stereocenters. The van der Waals surface area contributed by atoms with Gasteiger partial charge in [-0.1, -0.05) is 28.1 Å². The second-order valence-corrected chi connectivity index (χ2v) is 5.20. The van der Waals surface area contributed by atoms with E-state index in [1.54, 1.807) is 0 Å². The van der Waals surface area contributed by atoms with Crippen molar-refractivity contribution in [1.29, 1.82) is 0 Å². The minimum Gasteiger partial charge on any atom is -0.330 e. The maximum Gasteiger partial charge on any atom is 0.0326 e. The van der Waals surface area contributed by atoms with Crippen molar-refractivity contribution in [2.45, 2.75) is 31.7 Å². The van der Waals surface area contributed by atoms with E-state index in [0.29, 0.717) is 6.04 Å². The highest BCUT2D eigenvalue weighted by Gasteiger charge is 2.22. The topological polar surface area (TPSA) is 38.0 Å². The van der Waals surface area contributed by atoms with Crippen molar-refractivity contribution in [1.82, 2.24) is 5.32 Å². The lowest BCUT2D eigenvalue weighted by atomic mass is 10.1. The third-order valence-corrected chi connectivity index (χ3v) is 3.98. The lowest BCUT2D eigenvalue weighted by Gasteiger charge is -2.14. The molecule has 1 aromatic rings. The molecule has 0 saturated carbocycles. The van der Waals surface area contributed by atoms with E-state index in [-0.39, 0.29) is 0 Å². The summed E-state index contributed by atoms with van der Waals surface area (Å²) in [5, 5.41) is 3.62. The number of benzene rings is 1. The van der Waals surface area contributed by atoms with Crippen molar-refractivity contribution in [3.8, 4) is 0 Å². The summed E-state index contributed by atoms with van der Waals surface area (Å²) in [4.78, 5) is 0. The lowest BCUT2D eigenvalue weighted by Crippen LogP contribution is -2.21. The predicted octanol–water partition coefficient (Wildman–Crippen LogP) is 2.76. The second-order valence-electron chi connectivity index (χ2n) is 4.35. The minimum absolute atomic E-state index is 0.547. The van der Waals surface area contributed by atoms with Crippen LogP contribution in [0.2, 0.25) is 0 Å². The number of hydrogen-bond donors (Lipinski definition) is 2. The molecule has 2 nitrogen and oxygen atoms in total. The van der Waals surface area contributed by atoms with Crippen molar-refractivity contribution >= 4 is 15.9 Å². The summed E-state index contributed by atoms with van der Waals surface area (Å²) >= 11 is 3.62. The normalized spacial score (nSPS) is 18.8. The quantitative estimate of drug-likeness (QED) is 0.815. The Morgan fingerprint density at radius 1 is 1.38 bits per heavy atom. The summed E-state index contributed by atoms with van der Waals surface area (Å²) in [6, 6.07) is 7.05. The van der Waals surface area contributed by atoms with Gasteiger partial charge in [0.1, 0.15) is 0 Å². The molecule has 1 aliphatic rings. The zero-order valence-electron chi connectivity index (χ0n) is 9.51. The molecule has 0 fully saturated rings. The van der Waals surface area contributed by atoms with Crippen LogP contribution in [0.15, 0.2) is 22.7 Å². The Labute approximate surface area is 106 Å². The van der Waals surface area contributed by atoms with Crippen LogP contribution in [-0.4, -0.2) is 13.1 Å². The first-order valence-electron chi connectivity index (χ1n) is 6.03. The van der Waals surface area contributed by atoms with Crippen molar-refractivity contribution in [3.63, 3.8) is 0 Å². The van der Waals surface area contributed by atoms with Crippen LogP contribution in [0.25, 0.3) is 0 Å². The van der Waals surface area contributed by atoms with Crippen LogP contribution >= 0.6 is 15.9 Å². The van der Waals surface area contributed by atoms with Crippen molar-refractivity contribution in [2.75, 3.05) is 13.1 Å². The molecule has 16 heavy (non-hydrogen) atoms. The Hall–Kier alpha value is -0.380. The summed E-state index contributed by atoms with van der Waals surface area (Å²) in [5.41, 5.74) is 8.44. The van der Waals surface area contributed by atoms with Crippen molar-refractivity contribution < 1.29 is 0 Å². The van der Waals surface area contributed by atoms with Gasteiger partial charge in [-0.15, -0.1) is 0 Å². The van der Waals surface area contributed by atoms with Gasteiger partial charge in [0.25, 0.3) is 0 Å². The molecular weight excluding hydrogens is 264 g/mol. The van der Waals surface area contributed by atoms with Gasteiger partial charge < -0.3 is 11.1 Å². The van der Waals surface area contributed by atoms with Crippen molar-refractivity contribution in [3.05, 3.63) is 33.8 Å². The molecule has 1 aliphatic carbocycles. The molecule has 0 aliphatic heterocycles. The Morgan fingerprint density at radius 3 is 3.06 bits per heavy atom. The highest BCUT2D eigenvalue weighted by atomic mass is 79.9. The van der Waals surface area contributed by atoms with Gasteiger partial charge in [-0.25, -0.2) is 0 Å². The van der Waals surface area contributed by atoms with Gasteiger partial charge in [-0.2, -0.15) is 0 Å². The number of rotatable bonds is 5. The SMILES string of the molecule is NCCCCNC1CCc2c(Br)cccc21. The number of hydrogen-bond acceptors (Lipinski definition) is 2. The first-order chi connectivity index (χ1) is 7.83. The standard InChI is InChI=1S/C13H19BrN2/c14-12-5-3-4-11-10(12)6-7-13(11)16-9-2-1-8-15/h3-5,13,16H,1-2,6-9,15H2. The fraction of sp³-hybridized carbons (Fsp3) is 0.538. The van der Waals surface area contributed by atoms with Crippen LogP contribution in [0.4, 0.5) is 0 Å². The first kappa shape index (κ1) is 12.1. The largest absolute Gasteiger partial charge is 0.330 e. The molecule has 0 spiro atoms. The molecule has 1 aromatic carbocycles. The van der Waals surface area contributed by atoms with Gasteiger partial charge >= 0.3 is 0 Å². The van der Waals surface area contributed by atoms with Crippen LogP contribution in [0.1, 0.15) is 36.4 Å². The number of halogens is 1. The van der Waals surface area contributed by atoms with E-state index in [2.05, 4.69) is 39.4 Å². The Bertz CT molecular complexity index is 352. The molecule has 0 amide bonds. The maximum absolute atomic E-state index is 5.49. The van der Waals surface area contributed by atoms with Crippen LogP contribution in [0.5, 0.6) is 0 Å². The molecule has 1 atom stereocenters. The molecular formula is C13H19BrN2. The van der Waals surface area contributed by atoms with Gasteiger partial charge in [0.2, 0.25) is 0 Å². The second kappa shape index (κ2) is 5.80. The van der Waals surface area contributed by atoms with E-state index >= 15 is 0 Å². The van der Waals surface area contributed by atoms with Gasteiger partial charge in [0, 0.05) is 10.5 Å². The third kappa shape index (κ3) is 2.65. The molecule has 0 saturated heterocycles. The fourth-order valence-electron chi connectivity index (χ4n) is 2.37. The van der Waals surface area contributed by atoms with Gasteiger partial charge in [0.15, 0.2) is 0 Å². The van der Waals surface area contributed by atoms with Crippen LogP contribution in [0, 0.1) is 0 Å². The average molecular weight is 283 g/mol. The van der Waals surface area contributed by atoms with E-state index in [1.165, 1.54) is 34.9 Å². The average Bonchev–Trinajstić information content (AvgIpc) is 2.70. The lowest BCUT2D eigenvalue weighted by molar-refractivity contribution is 0.514. The summed E-state index contributed by atoms with van der Waals surface area (Å²) < 4.78 is 1.26. The first-order valence-corrected chi connectivity index (χ1v) is 6.83. The number of nitrogens with two attached hydrogens (primary N) is 1. The molecule has 2 rings (SSSR count). The number of unbranched alkanes of at least 4 members (excludes halogenated alkanes) is 1. The smallest absolute Gasteiger partial charge is 0.0326 e. The van der Waals surface area contributed by atoms with E-state index in [1.807, 2.05) is 0 Å². The van der Waals surface area contributed by atoms with E-state index in [9.17, 15) is 0 Å². The fourth-order valence-corrected chi connectivity index (χ4v) is 2.95. The molecule has 0 heterocycles. The Balaban J connectivity index is 1.93. The van der Waals surface area contributed by atoms with Crippen molar-refractivity contribution in [2.24, 2.45) is 5.73 Å². The van der Waals surface area contributed by atoms with E-state index < -0.39 is 0 Å². The molecule has 88 valence electrons. The third-order valence-electron chi connectivity index (χ3n) is 3.24. The van der Waals surface area contributed by atoms with Crippen LogP contribution < -0.4 is 11.1 Å². The zero-order valence-corrected chi connectivity index (χ0v) is 11.1. The Morgan fingerprint density at radius 2 is 2.25 bits per heavy atom. The Kier molecular flexibility index (Phi) is 4.38. The summed E-state index contributed by atoms with van der Waals surface area (Å²) in [6.45, 7) is 1.88. The minimum atomic E-state index is 0.547. The summed E-state index contributed by atoms with van der Waals surface area (Å²) in [5.74, 6) is 0. The summed E-state index contributed by atoms with van der Waals surface area (Å²) in [7, 11) is 0. The molecule has 0 bridgehead atoms. The van der Waals surface area contributed by atoms with Gasteiger partial charge in [-0.3, -0.25) is 0 Å². The highest BCUT2D eigenvalue weighted by Crippen LogP contribution is 2.35. The zero-order chi connectivity index (χ0) is 11.4. The number of nitrogens with one attached hydrogen (secondary N) is 1. The molecule has 3 N–H and O–H groups in total. The highest BCUT2D eigenvalue weighted by molar-refractivity contribution is 9.10. The summed E-state index contributed by atoms with van der Waals surface area (Å²) in [6.07, 6.45) is 4.70. The molecule has 0 radical (unpaired) electrons.